The molecule has 1 aliphatic carbocycles. The number of carboxylic acid groups (broad SMARTS) is 1. The minimum Gasteiger partial charge on any atom is -0.492 e. The van der Waals surface area contributed by atoms with Gasteiger partial charge in [-0.05, 0) is 55.5 Å². The van der Waals surface area contributed by atoms with Gasteiger partial charge in [-0.1, -0.05) is 24.9 Å². The molecule has 9 heteroatoms. The summed E-state index contributed by atoms with van der Waals surface area (Å²) < 4.78 is 17.0. The summed E-state index contributed by atoms with van der Waals surface area (Å²) in [6, 6.07) is 7.85. The Balaban J connectivity index is 1.55. The molecule has 0 aliphatic heterocycles. The van der Waals surface area contributed by atoms with E-state index in [4.69, 9.17) is 19.1 Å². The number of rotatable bonds is 11. The van der Waals surface area contributed by atoms with Crippen molar-refractivity contribution in [3.8, 4) is 34.5 Å². The molecule has 0 saturated heterocycles. The summed E-state index contributed by atoms with van der Waals surface area (Å²) in [4.78, 5) is 20.0. The molecule has 35 heavy (non-hydrogen) atoms. The third-order valence-electron chi connectivity index (χ3n) is 6.27. The summed E-state index contributed by atoms with van der Waals surface area (Å²) in [5, 5.41) is 15.8. The standard InChI is InChI=1S/C26H32N4O5/c1-4-17-12-20(11-16(2)24(17)34-10-9-27-15-23(31)32)26-29-25(30-35-26)19-13-21(18-7-5-6-8-18)28-22(14-19)33-3/h11-14,18,27H,4-10,15H2,1-3H3,(H,31,32). The number of carbonyl (C=O) groups is 1. The maximum atomic E-state index is 10.6. The molecule has 0 atom stereocenters. The molecule has 1 aliphatic rings. The van der Waals surface area contributed by atoms with E-state index in [1.54, 1.807) is 7.11 Å². The van der Waals surface area contributed by atoms with Crippen LogP contribution in [-0.2, 0) is 11.2 Å². The van der Waals surface area contributed by atoms with Crippen molar-refractivity contribution < 1.29 is 23.9 Å². The zero-order valence-corrected chi connectivity index (χ0v) is 20.5. The number of nitrogens with one attached hydrogen (secondary N) is 1. The van der Waals surface area contributed by atoms with Crippen molar-refractivity contribution in [3.63, 3.8) is 0 Å². The van der Waals surface area contributed by atoms with Gasteiger partial charge in [-0.3, -0.25) is 4.79 Å². The second kappa shape index (κ2) is 11.3. The molecule has 2 heterocycles. The van der Waals surface area contributed by atoms with Crippen molar-refractivity contribution in [3.05, 3.63) is 41.1 Å². The number of benzene rings is 1. The highest BCUT2D eigenvalue weighted by atomic mass is 16.5. The SMILES string of the molecule is CCc1cc(-c2nc(-c3cc(OC)nc(C4CCCC4)c3)no2)cc(C)c1OCCNCC(=O)O. The number of methoxy groups -OCH3 is 1. The fourth-order valence-corrected chi connectivity index (χ4v) is 4.51. The van der Waals surface area contributed by atoms with E-state index in [1.807, 2.05) is 31.2 Å². The van der Waals surface area contributed by atoms with Crippen LogP contribution in [0.25, 0.3) is 22.8 Å². The van der Waals surface area contributed by atoms with Gasteiger partial charge in [0.2, 0.25) is 11.7 Å². The Kier molecular flexibility index (Phi) is 7.97. The lowest BCUT2D eigenvalue weighted by atomic mass is 10.0. The van der Waals surface area contributed by atoms with Gasteiger partial charge in [0.15, 0.2) is 0 Å². The van der Waals surface area contributed by atoms with Gasteiger partial charge in [0, 0.05) is 35.3 Å². The summed E-state index contributed by atoms with van der Waals surface area (Å²) in [5.41, 5.74) is 4.65. The number of ether oxygens (including phenoxy) is 2. The smallest absolute Gasteiger partial charge is 0.317 e. The van der Waals surface area contributed by atoms with Crippen LogP contribution in [0.1, 0.15) is 55.3 Å². The minimum absolute atomic E-state index is 0.0904. The first-order valence-corrected chi connectivity index (χ1v) is 12.1. The average Bonchev–Trinajstić information content (AvgIpc) is 3.57. The van der Waals surface area contributed by atoms with Crippen LogP contribution >= 0.6 is 0 Å². The molecular weight excluding hydrogens is 448 g/mol. The first kappa shape index (κ1) is 24.7. The minimum atomic E-state index is -0.890. The quantitative estimate of drug-likeness (QED) is 0.385. The highest BCUT2D eigenvalue weighted by Gasteiger charge is 2.22. The number of nitrogens with zero attached hydrogens (tertiary/aromatic N) is 3. The number of carboxylic acids is 1. The lowest BCUT2D eigenvalue weighted by Gasteiger charge is -2.14. The van der Waals surface area contributed by atoms with Gasteiger partial charge >= 0.3 is 5.97 Å². The Labute approximate surface area is 204 Å². The molecule has 0 spiro atoms. The third kappa shape index (κ3) is 5.97. The number of pyridine rings is 1. The van der Waals surface area contributed by atoms with E-state index in [0.29, 0.717) is 36.7 Å². The van der Waals surface area contributed by atoms with E-state index < -0.39 is 5.97 Å². The van der Waals surface area contributed by atoms with E-state index in [-0.39, 0.29) is 6.54 Å². The van der Waals surface area contributed by atoms with Crippen LogP contribution in [0.2, 0.25) is 0 Å². The van der Waals surface area contributed by atoms with E-state index in [9.17, 15) is 4.79 Å². The van der Waals surface area contributed by atoms with E-state index in [2.05, 4.69) is 27.4 Å². The first-order chi connectivity index (χ1) is 17.0. The fraction of sp³-hybridized carbons (Fsp3) is 0.462. The molecule has 1 saturated carbocycles. The van der Waals surface area contributed by atoms with Crippen LogP contribution in [0.15, 0.2) is 28.8 Å². The molecule has 0 unspecified atom stereocenters. The lowest BCUT2D eigenvalue weighted by molar-refractivity contribution is -0.135. The maximum Gasteiger partial charge on any atom is 0.317 e. The van der Waals surface area contributed by atoms with Gasteiger partial charge in [-0.2, -0.15) is 4.98 Å². The molecule has 9 nitrogen and oxygen atoms in total. The lowest BCUT2D eigenvalue weighted by Crippen LogP contribution is -2.27. The Morgan fingerprint density at radius 3 is 2.69 bits per heavy atom. The highest BCUT2D eigenvalue weighted by molar-refractivity contribution is 5.69. The number of hydrogen-bond donors (Lipinski definition) is 2. The number of aliphatic carboxylic acids is 1. The fourth-order valence-electron chi connectivity index (χ4n) is 4.51. The summed E-state index contributed by atoms with van der Waals surface area (Å²) >= 11 is 0. The number of aromatic nitrogens is 3. The molecular formula is C26H32N4O5. The molecule has 2 aromatic heterocycles. The van der Waals surface area contributed by atoms with Gasteiger partial charge in [0.25, 0.3) is 5.89 Å². The molecule has 186 valence electrons. The molecule has 1 aromatic carbocycles. The van der Waals surface area contributed by atoms with Crippen LogP contribution in [0.3, 0.4) is 0 Å². The zero-order valence-electron chi connectivity index (χ0n) is 20.5. The molecule has 0 radical (unpaired) electrons. The van der Waals surface area contributed by atoms with Gasteiger partial charge in [-0.25, -0.2) is 4.98 Å². The normalized spacial score (nSPS) is 13.8. The summed E-state index contributed by atoms with van der Waals surface area (Å²) in [7, 11) is 1.62. The Morgan fingerprint density at radius 1 is 1.17 bits per heavy atom. The van der Waals surface area contributed by atoms with Gasteiger partial charge in [0.05, 0.1) is 13.7 Å². The van der Waals surface area contributed by atoms with Gasteiger partial charge < -0.3 is 24.4 Å². The van der Waals surface area contributed by atoms with Crippen LogP contribution in [0.5, 0.6) is 11.6 Å². The average molecular weight is 481 g/mol. The highest BCUT2D eigenvalue weighted by Crippen LogP contribution is 2.36. The van der Waals surface area contributed by atoms with Crippen LogP contribution in [-0.4, -0.2) is 53.0 Å². The maximum absolute atomic E-state index is 10.6. The van der Waals surface area contributed by atoms with Crippen molar-refractivity contribution >= 4 is 5.97 Å². The van der Waals surface area contributed by atoms with Crippen molar-refractivity contribution in [1.82, 2.24) is 20.4 Å². The topological polar surface area (TPSA) is 120 Å². The summed E-state index contributed by atoms with van der Waals surface area (Å²) in [5.74, 6) is 1.84. The van der Waals surface area contributed by atoms with E-state index >= 15 is 0 Å². The molecule has 2 N–H and O–H groups in total. The second-order valence-corrected chi connectivity index (χ2v) is 8.78. The third-order valence-corrected chi connectivity index (χ3v) is 6.27. The second-order valence-electron chi connectivity index (χ2n) is 8.78. The van der Waals surface area contributed by atoms with Gasteiger partial charge in [0.1, 0.15) is 12.4 Å². The van der Waals surface area contributed by atoms with Crippen molar-refractivity contribution in [2.45, 2.75) is 51.9 Å². The van der Waals surface area contributed by atoms with Gasteiger partial charge in [-0.15, -0.1) is 0 Å². The predicted molar refractivity (Wildman–Crippen MR) is 131 cm³/mol. The molecule has 3 aromatic rings. The molecule has 0 amide bonds. The van der Waals surface area contributed by atoms with E-state index in [1.165, 1.54) is 12.8 Å². The van der Waals surface area contributed by atoms with E-state index in [0.717, 1.165) is 53.0 Å². The van der Waals surface area contributed by atoms with Crippen LogP contribution in [0.4, 0.5) is 0 Å². The van der Waals surface area contributed by atoms with Crippen molar-refractivity contribution in [2.24, 2.45) is 0 Å². The predicted octanol–water partition coefficient (Wildman–Crippen LogP) is 4.39. The largest absolute Gasteiger partial charge is 0.492 e. The Hall–Kier alpha value is -3.46. The monoisotopic (exact) mass is 480 g/mol. The summed E-state index contributed by atoms with van der Waals surface area (Å²) in [6.45, 7) is 4.76. The van der Waals surface area contributed by atoms with Crippen molar-refractivity contribution in [1.29, 1.82) is 0 Å². The van der Waals surface area contributed by atoms with Crippen LogP contribution < -0.4 is 14.8 Å². The summed E-state index contributed by atoms with van der Waals surface area (Å²) in [6.07, 6.45) is 5.49. The zero-order chi connectivity index (χ0) is 24.8. The number of hydrogen-bond acceptors (Lipinski definition) is 8. The van der Waals surface area contributed by atoms with Crippen molar-refractivity contribution in [2.75, 3.05) is 26.8 Å². The molecule has 4 rings (SSSR count). The Bertz CT molecular complexity index is 1170. The number of aryl methyl sites for hydroxylation is 2. The first-order valence-electron chi connectivity index (χ1n) is 12.1. The Morgan fingerprint density at radius 2 is 1.97 bits per heavy atom. The van der Waals surface area contributed by atoms with Crippen LogP contribution in [0, 0.1) is 6.92 Å². The molecule has 0 bridgehead atoms. The molecule has 1 fully saturated rings.